The summed E-state index contributed by atoms with van der Waals surface area (Å²) in [6, 6.07) is 0. The molecule has 0 spiro atoms. The van der Waals surface area contributed by atoms with Crippen LogP contribution < -0.4 is 5.32 Å². The second kappa shape index (κ2) is 4.49. The third-order valence-electron chi connectivity index (χ3n) is 2.82. The molecule has 1 aromatic heterocycles. The first kappa shape index (κ1) is 11.3. The summed E-state index contributed by atoms with van der Waals surface area (Å²) in [5, 5.41) is 3.21. The molecule has 1 aliphatic heterocycles. The van der Waals surface area contributed by atoms with Gasteiger partial charge in [0.25, 0.3) is 0 Å². The minimum absolute atomic E-state index is 0.563. The van der Waals surface area contributed by atoms with Crippen molar-refractivity contribution in [3.05, 3.63) is 27.1 Å². The molecule has 1 aromatic rings. The van der Waals surface area contributed by atoms with Gasteiger partial charge >= 0.3 is 0 Å². The molecule has 0 amide bonds. The van der Waals surface area contributed by atoms with Crippen molar-refractivity contribution < 1.29 is 0 Å². The van der Waals surface area contributed by atoms with Crippen LogP contribution in [-0.2, 0) is 0 Å². The molecule has 3 rings (SSSR count). The highest BCUT2D eigenvalue weighted by Gasteiger charge is 2.28. The predicted molar refractivity (Wildman–Crippen MR) is 74.2 cm³/mol. The number of nitrogens with one attached hydrogen (secondary N) is 1. The fraction of sp³-hybridized carbons (Fsp3) is 0.364. The summed E-state index contributed by atoms with van der Waals surface area (Å²) in [4.78, 5) is 12.8. The summed E-state index contributed by atoms with van der Waals surface area (Å²) in [6.07, 6.45) is 6.48. The highest BCUT2D eigenvalue weighted by molar-refractivity contribution is 9.11. The lowest BCUT2D eigenvalue weighted by atomic mass is 10.2. The Kier molecular flexibility index (Phi) is 3.00. The summed E-state index contributed by atoms with van der Waals surface area (Å²) in [5.74, 6) is 2.40. The maximum atomic E-state index is 4.46. The van der Waals surface area contributed by atoms with E-state index in [0.29, 0.717) is 4.73 Å². The molecule has 17 heavy (non-hydrogen) atoms. The van der Waals surface area contributed by atoms with E-state index in [9.17, 15) is 0 Å². The van der Waals surface area contributed by atoms with Crippen LogP contribution in [-0.4, -0.2) is 22.3 Å². The first-order valence-corrected chi connectivity index (χ1v) is 7.01. The molecule has 1 N–H and O–H groups in total. The number of amidine groups is 1. The third kappa shape index (κ3) is 2.57. The normalized spacial score (nSPS) is 18.9. The topological polar surface area (TPSA) is 50.2 Å². The largest absolute Gasteiger partial charge is 0.324 e. The van der Waals surface area contributed by atoms with Crippen molar-refractivity contribution in [1.29, 1.82) is 0 Å². The zero-order valence-corrected chi connectivity index (χ0v) is 12.1. The van der Waals surface area contributed by atoms with Crippen LogP contribution in [0.15, 0.2) is 32.0 Å². The van der Waals surface area contributed by atoms with Crippen LogP contribution in [0.25, 0.3) is 0 Å². The lowest BCUT2D eigenvalue weighted by Crippen LogP contribution is -2.09. The SMILES string of the molecule is Brc1ncc(Br)c(NC2=NCC(C3CC3)=C2)n1. The van der Waals surface area contributed by atoms with Gasteiger partial charge in [-0.2, -0.15) is 0 Å². The third-order valence-corrected chi connectivity index (χ3v) is 3.78. The zero-order chi connectivity index (χ0) is 11.8. The van der Waals surface area contributed by atoms with Crippen molar-refractivity contribution in [2.75, 3.05) is 11.9 Å². The zero-order valence-electron chi connectivity index (χ0n) is 8.95. The molecule has 1 aliphatic carbocycles. The standard InChI is InChI=1S/C11H10Br2N4/c12-8-5-15-11(13)17-10(8)16-9-3-7(4-14-9)6-1-2-6/h3,5-6H,1-2,4H2,(H,14,15,16,17). The van der Waals surface area contributed by atoms with E-state index in [1.54, 1.807) is 6.20 Å². The quantitative estimate of drug-likeness (QED) is 0.827. The second-order valence-corrected chi connectivity index (χ2v) is 5.72. The number of rotatable bonds is 2. The summed E-state index contributed by atoms with van der Waals surface area (Å²) >= 11 is 6.66. The molecule has 1 saturated carbocycles. The molecule has 0 saturated heterocycles. The molecule has 2 heterocycles. The molecular formula is C11H10Br2N4. The van der Waals surface area contributed by atoms with E-state index in [0.717, 1.165) is 28.6 Å². The lowest BCUT2D eigenvalue weighted by Gasteiger charge is -2.05. The molecule has 0 unspecified atom stereocenters. The van der Waals surface area contributed by atoms with Crippen LogP contribution in [0.1, 0.15) is 12.8 Å². The molecule has 6 heteroatoms. The number of anilines is 1. The molecule has 0 radical (unpaired) electrons. The van der Waals surface area contributed by atoms with Gasteiger partial charge in [-0.15, -0.1) is 0 Å². The van der Waals surface area contributed by atoms with Crippen molar-refractivity contribution in [2.24, 2.45) is 10.9 Å². The highest BCUT2D eigenvalue weighted by atomic mass is 79.9. The van der Waals surface area contributed by atoms with Gasteiger partial charge in [-0.25, -0.2) is 9.97 Å². The number of hydrogen-bond donors (Lipinski definition) is 1. The first-order valence-electron chi connectivity index (χ1n) is 5.42. The van der Waals surface area contributed by atoms with E-state index >= 15 is 0 Å². The predicted octanol–water partition coefficient (Wildman–Crippen LogP) is 3.16. The Hall–Kier alpha value is -0.750. The molecule has 4 nitrogen and oxygen atoms in total. The molecule has 2 aliphatic rings. The Morgan fingerprint density at radius 2 is 2.12 bits per heavy atom. The minimum Gasteiger partial charge on any atom is -0.324 e. The molecule has 0 bridgehead atoms. The summed E-state index contributed by atoms with van der Waals surface area (Å²) in [6.45, 7) is 0.830. The van der Waals surface area contributed by atoms with Gasteiger partial charge in [0.15, 0.2) is 10.6 Å². The summed E-state index contributed by atoms with van der Waals surface area (Å²) in [5.41, 5.74) is 1.44. The molecular weight excluding hydrogens is 348 g/mol. The maximum absolute atomic E-state index is 4.46. The first-order chi connectivity index (χ1) is 8.22. The van der Waals surface area contributed by atoms with Gasteiger partial charge in [0.2, 0.25) is 0 Å². The van der Waals surface area contributed by atoms with Crippen molar-refractivity contribution in [3.8, 4) is 0 Å². The van der Waals surface area contributed by atoms with Gasteiger partial charge in [0.05, 0.1) is 11.0 Å². The van der Waals surface area contributed by atoms with E-state index in [-0.39, 0.29) is 0 Å². The van der Waals surface area contributed by atoms with Crippen LogP contribution >= 0.6 is 31.9 Å². The molecule has 1 fully saturated rings. The Morgan fingerprint density at radius 1 is 1.29 bits per heavy atom. The average molecular weight is 358 g/mol. The Labute approximate surface area is 116 Å². The smallest absolute Gasteiger partial charge is 0.198 e. The van der Waals surface area contributed by atoms with Gasteiger partial charge in [0.1, 0.15) is 5.84 Å². The summed E-state index contributed by atoms with van der Waals surface area (Å²) < 4.78 is 1.39. The van der Waals surface area contributed by atoms with Crippen molar-refractivity contribution in [3.63, 3.8) is 0 Å². The molecule has 0 atom stereocenters. The lowest BCUT2D eigenvalue weighted by molar-refractivity contribution is 0.959. The van der Waals surface area contributed by atoms with E-state index in [1.807, 2.05) is 0 Å². The monoisotopic (exact) mass is 356 g/mol. The van der Waals surface area contributed by atoms with Crippen LogP contribution in [0, 0.1) is 5.92 Å². The maximum Gasteiger partial charge on any atom is 0.198 e. The van der Waals surface area contributed by atoms with Crippen molar-refractivity contribution >= 4 is 43.5 Å². The van der Waals surface area contributed by atoms with Crippen LogP contribution in [0.2, 0.25) is 0 Å². The summed E-state index contributed by atoms with van der Waals surface area (Å²) in [7, 11) is 0. The van der Waals surface area contributed by atoms with Crippen molar-refractivity contribution in [2.45, 2.75) is 12.8 Å². The fourth-order valence-electron chi connectivity index (χ4n) is 1.77. The van der Waals surface area contributed by atoms with E-state index in [2.05, 4.69) is 58.2 Å². The highest BCUT2D eigenvalue weighted by Crippen LogP contribution is 2.37. The van der Waals surface area contributed by atoms with Gasteiger partial charge < -0.3 is 5.32 Å². The van der Waals surface area contributed by atoms with Crippen molar-refractivity contribution in [1.82, 2.24) is 9.97 Å². The number of halogens is 2. The van der Waals surface area contributed by atoms with Gasteiger partial charge in [-0.05, 0) is 62.3 Å². The molecule has 0 aromatic carbocycles. The number of aromatic nitrogens is 2. The van der Waals surface area contributed by atoms with E-state index in [4.69, 9.17) is 0 Å². The van der Waals surface area contributed by atoms with E-state index in [1.165, 1.54) is 18.4 Å². The van der Waals surface area contributed by atoms with Crippen LogP contribution in [0.5, 0.6) is 0 Å². The second-order valence-electron chi connectivity index (χ2n) is 4.16. The number of nitrogens with zero attached hydrogens (tertiary/aromatic N) is 3. The number of aliphatic imine (C=N–C) groups is 1. The van der Waals surface area contributed by atoms with Crippen LogP contribution in [0.4, 0.5) is 5.82 Å². The average Bonchev–Trinajstić information content (AvgIpc) is 3.05. The Balaban J connectivity index is 1.76. The molecule has 88 valence electrons. The van der Waals surface area contributed by atoms with Gasteiger partial charge in [-0.3, -0.25) is 4.99 Å². The fourth-order valence-corrected chi connectivity index (χ4v) is 2.34. The Morgan fingerprint density at radius 3 is 2.88 bits per heavy atom. The van der Waals surface area contributed by atoms with Gasteiger partial charge in [-0.1, -0.05) is 0 Å². The number of hydrogen-bond acceptors (Lipinski definition) is 4. The van der Waals surface area contributed by atoms with E-state index < -0.39 is 0 Å². The Bertz CT molecular complexity index is 520. The minimum atomic E-state index is 0.563. The van der Waals surface area contributed by atoms with Gasteiger partial charge in [0, 0.05) is 6.20 Å². The van der Waals surface area contributed by atoms with Crippen LogP contribution in [0.3, 0.4) is 0 Å².